The van der Waals surface area contributed by atoms with Gasteiger partial charge in [-0.15, -0.1) is 12.4 Å². The van der Waals surface area contributed by atoms with Gasteiger partial charge in [0.2, 0.25) is 0 Å². The van der Waals surface area contributed by atoms with E-state index in [-0.39, 0.29) is 72.9 Å². The summed E-state index contributed by atoms with van der Waals surface area (Å²) in [5.41, 5.74) is 0. The molecule has 0 aliphatic rings. The molecule has 58 valence electrons. The third-order valence-corrected chi connectivity index (χ3v) is 0. The Kier molecular flexibility index (Phi) is 29600. The monoisotopic (exact) mass is 346 g/mol. The standard InChI is InChI=1S/ClH.Hg.6H2O/h1H;;6*1H2. The Bertz CT molecular complexity index is 8.49. The van der Waals surface area contributed by atoms with Crippen LogP contribution in [0.5, 0.6) is 0 Å². The first kappa shape index (κ1) is 590. The average Bonchev–Trinajstić information content (AvgIpc) is 0. The molecule has 0 heterocycles. The third kappa shape index (κ3) is 258. The van der Waals surface area contributed by atoms with E-state index in [1.54, 1.807) is 0 Å². The van der Waals surface area contributed by atoms with Crippen molar-refractivity contribution in [3.8, 4) is 0 Å². The molecule has 0 bridgehead atoms. The maximum absolute atomic E-state index is 0. The Hall–Kier alpha value is 0.985. The van der Waals surface area contributed by atoms with Crippen LogP contribution >= 0.6 is 12.4 Å². The molecule has 0 spiro atoms. The molecule has 8 heavy (non-hydrogen) atoms. The van der Waals surface area contributed by atoms with Crippen LogP contribution in [0.15, 0.2) is 0 Å². The predicted molar refractivity (Wildman–Crippen MR) is 28.9 cm³/mol. The smallest absolute Gasteiger partial charge is 0 e. The predicted octanol–water partition coefficient (Wildman–Crippen LogP) is -4.53. The van der Waals surface area contributed by atoms with Crippen molar-refractivity contribution < 1.29 is 60.5 Å². The van der Waals surface area contributed by atoms with E-state index in [1.165, 1.54) is 0 Å². The third-order valence-electron chi connectivity index (χ3n) is 0. The van der Waals surface area contributed by atoms with Crippen LogP contribution in [0, 0.1) is 0 Å². The molecule has 0 unspecified atom stereocenters. The molecule has 0 amide bonds. The summed E-state index contributed by atoms with van der Waals surface area (Å²) in [6.07, 6.45) is 0. The van der Waals surface area contributed by atoms with Crippen molar-refractivity contribution in [2.24, 2.45) is 0 Å². The molecule has 0 aromatic rings. The molecular formula is H13ClHgO6. The van der Waals surface area contributed by atoms with Gasteiger partial charge >= 0.3 is 0 Å². The molecule has 6 nitrogen and oxygen atoms in total. The van der Waals surface area contributed by atoms with Gasteiger partial charge in [0.25, 0.3) is 0 Å². The van der Waals surface area contributed by atoms with E-state index in [9.17, 15) is 0 Å². The molecule has 0 rings (SSSR count). The zero-order chi connectivity index (χ0) is 0. The molecule has 0 saturated carbocycles. The van der Waals surface area contributed by atoms with Gasteiger partial charge < -0.3 is 32.9 Å². The van der Waals surface area contributed by atoms with Gasteiger partial charge in [-0.2, -0.15) is 0 Å². The van der Waals surface area contributed by atoms with E-state index >= 15 is 0 Å². The summed E-state index contributed by atoms with van der Waals surface area (Å²) < 4.78 is 0. The van der Waals surface area contributed by atoms with Gasteiger partial charge in [0, 0.05) is 27.7 Å². The maximum Gasteiger partial charge on any atom is 0 e. The van der Waals surface area contributed by atoms with Gasteiger partial charge in [0.05, 0.1) is 0 Å². The fourth-order valence-electron chi connectivity index (χ4n) is 0. The van der Waals surface area contributed by atoms with Gasteiger partial charge in [0.1, 0.15) is 0 Å². The van der Waals surface area contributed by atoms with Gasteiger partial charge in [-0.1, -0.05) is 0 Å². The van der Waals surface area contributed by atoms with Gasteiger partial charge in [-0.05, 0) is 0 Å². The van der Waals surface area contributed by atoms with Crippen LogP contribution < -0.4 is 0 Å². The second-order valence-electron chi connectivity index (χ2n) is 0. The second kappa shape index (κ2) is 402. The molecule has 0 aliphatic heterocycles. The minimum atomic E-state index is 0. The van der Waals surface area contributed by atoms with E-state index in [2.05, 4.69) is 0 Å². The molecule has 0 saturated heterocycles. The first-order valence-electron chi connectivity index (χ1n) is 0. The van der Waals surface area contributed by atoms with Crippen molar-refractivity contribution in [2.75, 3.05) is 0 Å². The van der Waals surface area contributed by atoms with Crippen molar-refractivity contribution in [1.82, 2.24) is 0 Å². The molecule has 0 aromatic carbocycles. The Morgan fingerprint density at radius 3 is 0.375 bits per heavy atom. The normalized spacial score (nSPS) is 0. The van der Waals surface area contributed by atoms with E-state index in [4.69, 9.17) is 0 Å². The molecule has 8 heteroatoms. The van der Waals surface area contributed by atoms with E-state index < -0.39 is 0 Å². The summed E-state index contributed by atoms with van der Waals surface area (Å²) in [5, 5.41) is 0. The Labute approximate surface area is 73.0 Å². The van der Waals surface area contributed by atoms with Gasteiger partial charge in [-0.25, -0.2) is 0 Å². The second-order valence-corrected chi connectivity index (χ2v) is 0. The molecular weight excluding hydrogens is 332 g/mol. The summed E-state index contributed by atoms with van der Waals surface area (Å²) in [7, 11) is 0. The summed E-state index contributed by atoms with van der Waals surface area (Å²) in [5.74, 6) is 0. The Morgan fingerprint density at radius 1 is 0.375 bits per heavy atom. The molecule has 0 aromatic heterocycles. The van der Waals surface area contributed by atoms with Crippen LogP contribution in [0.2, 0.25) is 0 Å². The summed E-state index contributed by atoms with van der Waals surface area (Å²) in [6, 6.07) is 0. The quantitative estimate of drug-likeness (QED) is 0.383. The van der Waals surface area contributed by atoms with E-state index in [1.807, 2.05) is 0 Å². The van der Waals surface area contributed by atoms with Crippen LogP contribution in [-0.2, 0) is 27.7 Å². The first-order valence-corrected chi connectivity index (χ1v) is 0. The minimum Gasteiger partial charge on any atom is -0.412 e. The Balaban J connectivity index is 0. The average molecular weight is 345 g/mol. The fourth-order valence-corrected chi connectivity index (χ4v) is 0. The van der Waals surface area contributed by atoms with Crippen molar-refractivity contribution in [3.05, 3.63) is 0 Å². The summed E-state index contributed by atoms with van der Waals surface area (Å²) in [4.78, 5) is 0. The largest absolute Gasteiger partial charge is 0.412 e. The molecule has 0 aliphatic carbocycles. The van der Waals surface area contributed by atoms with Crippen LogP contribution in [0.1, 0.15) is 0 Å². The molecule has 0 atom stereocenters. The van der Waals surface area contributed by atoms with Crippen LogP contribution in [0.3, 0.4) is 0 Å². The van der Waals surface area contributed by atoms with Crippen LogP contribution in [0.25, 0.3) is 0 Å². The SMILES string of the molecule is Cl.O.O.O.O.O.O.[Hg]. The van der Waals surface area contributed by atoms with Gasteiger partial charge in [0.15, 0.2) is 0 Å². The van der Waals surface area contributed by atoms with Crippen LogP contribution in [0.4, 0.5) is 0 Å². The fraction of sp³-hybridized carbons (Fsp3) is 0. The molecule has 0 radical (unpaired) electrons. The van der Waals surface area contributed by atoms with Crippen LogP contribution in [-0.4, -0.2) is 32.9 Å². The zero-order valence-corrected chi connectivity index (χ0v) is 10.4. The van der Waals surface area contributed by atoms with Gasteiger partial charge in [-0.3, -0.25) is 0 Å². The number of hydrogen-bond acceptors (Lipinski definition) is 0. The van der Waals surface area contributed by atoms with E-state index in [0.29, 0.717) is 0 Å². The first-order chi connectivity index (χ1) is 0. The number of hydrogen-bond donors (Lipinski definition) is 0. The molecule has 0 fully saturated rings. The Morgan fingerprint density at radius 2 is 0.375 bits per heavy atom. The summed E-state index contributed by atoms with van der Waals surface area (Å²) >= 11 is 0. The topological polar surface area (TPSA) is 189 Å². The maximum atomic E-state index is 0. The van der Waals surface area contributed by atoms with Crippen molar-refractivity contribution in [2.45, 2.75) is 0 Å². The minimum absolute atomic E-state index is 0. The zero-order valence-electron chi connectivity index (χ0n) is 4.12. The summed E-state index contributed by atoms with van der Waals surface area (Å²) in [6.45, 7) is 0. The molecule has 12 N–H and O–H groups in total. The van der Waals surface area contributed by atoms with Crippen molar-refractivity contribution in [3.63, 3.8) is 0 Å². The number of halogens is 1. The van der Waals surface area contributed by atoms with Crippen molar-refractivity contribution >= 4 is 12.4 Å². The van der Waals surface area contributed by atoms with E-state index in [0.717, 1.165) is 0 Å². The number of rotatable bonds is 0. The van der Waals surface area contributed by atoms with Crippen molar-refractivity contribution in [1.29, 1.82) is 0 Å².